The maximum Gasteiger partial charge on any atom is 0.272 e. The minimum Gasteiger partial charge on any atom is -0.354 e. The number of rotatable bonds is 6. The molecule has 6 nitrogen and oxygen atoms in total. The van der Waals surface area contributed by atoms with E-state index in [0.717, 1.165) is 16.6 Å². The number of nitrogens with one attached hydrogen (secondary N) is 1. The number of nitrogens with zero attached hydrogens (tertiary/aromatic N) is 3. The van der Waals surface area contributed by atoms with E-state index >= 15 is 0 Å². The van der Waals surface area contributed by atoms with E-state index in [1.807, 2.05) is 42.6 Å². The summed E-state index contributed by atoms with van der Waals surface area (Å²) in [6.07, 6.45) is 2.60. The molecule has 142 valence electrons. The number of carbonyl (C=O) groups is 1. The van der Waals surface area contributed by atoms with Crippen LogP contribution < -0.4 is 10.9 Å². The molecule has 0 spiro atoms. The van der Waals surface area contributed by atoms with Crippen molar-refractivity contribution in [2.24, 2.45) is 7.05 Å². The summed E-state index contributed by atoms with van der Waals surface area (Å²) in [7, 11) is 1.73. The van der Waals surface area contributed by atoms with E-state index < -0.39 is 0 Å². The maximum absolute atomic E-state index is 12.5. The van der Waals surface area contributed by atoms with Crippen molar-refractivity contribution in [3.8, 4) is 0 Å². The Bertz CT molecular complexity index is 1210. The second-order valence-corrected chi connectivity index (χ2v) is 6.83. The fourth-order valence-electron chi connectivity index (χ4n) is 3.47. The number of para-hydroxylation sites is 3. The molecule has 28 heavy (non-hydrogen) atoms. The van der Waals surface area contributed by atoms with E-state index in [1.54, 1.807) is 11.6 Å². The molecule has 0 aliphatic carbocycles. The fourth-order valence-corrected chi connectivity index (χ4v) is 3.47. The molecule has 4 aromatic rings. The number of aryl methyl sites for hydroxylation is 2. The van der Waals surface area contributed by atoms with Crippen molar-refractivity contribution >= 4 is 27.8 Å². The molecule has 1 amide bonds. The van der Waals surface area contributed by atoms with Gasteiger partial charge in [0.2, 0.25) is 5.91 Å². The van der Waals surface area contributed by atoms with Crippen LogP contribution in [-0.4, -0.2) is 26.6 Å². The predicted octanol–water partition coefficient (Wildman–Crippen LogP) is 2.64. The number of hydrogen-bond donors (Lipinski definition) is 1. The summed E-state index contributed by atoms with van der Waals surface area (Å²) < 4.78 is 3.71. The Morgan fingerprint density at radius 1 is 1.04 bits per heavy atom. The van der Waals surface area contributed by atoms with Crippen molar-refractivity contribution in [2.45, 2.75) is 19.4 Å². The molecule has 0 saturated carbocycles. The first-order valence-corrected chi connectivity index (χ1v) is 9.39. The van der Waals surface area contributed by atoms with Crippen molar-refractivity contribution in [1.82, 2.24) is 19.4 Å². The maximum atomic E-state index is 12.5. The third kappa shape index (κ3) is 3.53. The lowest BCUT2D eigenvalue weighted by molar-refractivity contribution is -0.121. The van der Waals surface area contributed by atoms with Crippen LogP contribution in [0.25, 0.3) is 21.9 Å². The van der Waals surface area contributed by atoms with Crippen LogP contribution in [0, 0.1) is 0 Å². The summed E-state index contributed by atoms with van der Waals surface area (Å²) in [6.45, 7) is 1.25. The first kappa shape index (κ1) is 18.0. The van der Waals surface area contributed by atoms with Gasteiger partial charge in [-0.15, -0.1) is 0 Å². The normalized spacial score (nSPS) is 11.2. The van der Waals surface area contributed by atoms with Gasteiger partial charge in [0.1, 0.15) is 5.69 Å². The van der Waals surface area contributed by atoms with Crippen LogP contribution in [0.1, 0.15) is 12.1 Å². The van der Waals surface area contributed by atoms with Gasteiger partial charge in [-0.25, -0.2) is 4.98 Å². The van der Waals surface area contributed by atoms with E-state index in [2.05, 4.69) is 33.1 Å². The summed E-state index contributed by atoms with van der Waals surface area (Å²) in [4.78, 5) is 29.1. The zero-order valence-electron chi connectivity index (χ0n) is 15.8. The van der Waals surface area contributed by atoms with Gasteiger partial charge in [0, 0.05) is 44.7 Å². The van der Waals surface area contributed by atoms with Crippen molar-refractivity contribution in [2.75, 3.05) is 6.54 Å². The molecule has 0 atom stereocenters. The Morgan fingerprint density at radius 2 is 1.79 bits per heavy atom. The molecule has 4 rings (SSSR count). The summed E-state index contributed by atoms with van der Waals surface area (Å²) in [5, 5.41) is 4.12. The van der Waals surface area contributed by atoms with Crippen LogP contribution in [0.4, 0.5) is 0 Å². The lowest BCUT2D eigenvalue weighted by Crippen LogP contribution is -2.29. The molecule has 0 aliphatic heterocycles. The summed E-state index contributed by atoms with van der Waals surface area (Å²) in [6, 6.07) is 17.7. The lowest BCUT2D eigenvalue weighted by Gasteiger charge is -2.09. The molecule has 0 radical (unpaired) electrons. The number of hydrogen-bond acceptors (Lipinski definition) is 3. The summed E-state index contributed by atoms with van der Waals surface area (Å²) in [5.41, 5.74) is 2.98. The van der Waals surface area contributed by atoms with Gasteiger partial charge in [-0.1, -0.05) is 30.3 Å². The standard InChI is InChI=1S/C22H22N4O2/c1-25-20-9-5-3-7-17(20)24-18(22(25)28)10-11-21(27)23-13-15-26-14-12-16-6-2-4-8-19(16)26/h2-9,12,14H,10-11,13,15H2,1H3,(H,23,27). The van der Waals surface area contributed by atoms with E-state index in [1.165, 1.54) is 5.39 Å². The Labute approximate surface area is 162 Å². The van der Waals surface area contributed by atoms with Gasteiger partial charge in [0.15, 0.2) is 0 Å². The van der Waals surface area contributed by atoms with Crippen molar-refractivity contribution in [1.29, 1.82) is 0 Å². The highest BCUT2D eigenvalue weighted by molar-refractivity contribution is 5.80. The van der Waals surface area contributed by atoms with Crippen molar-refractivity contribution < 1.29 is 4.79 Å². The van der Waals surface area contributed by atoms with Crippen LogP contribution in [0.2, 0.25) is 0 Å². The van der Waals surface area contributed by atoms with Gasteiger partial charge >= 0.3 is 0 Å². The molecule has 2 aromatic carbocycles. The first-order valence-electron chi connectivity index (χ1n) is 9.39. The zero-order chi connectivity index (χ0) is 19.5. The molecule has 6 heteroatoms. The number of aromatic nitrogens is 3. The first-order chi connectivity index (χ1) is 13.6. The molecule has 1 N–H and O–H groups in total. The Balaban J connectivity index is 1.35. The highest BCUT2D eigenvalue weighted by atomic mass is 16.1. The van der Waals surface area contributed by atoms with Gasteiger partial charge in [-0.05, 0) is 29.7 Å². The number of carbonyl (C=O) groups excluding carboxylic acids is 1. The van der Waals surface area contributed by atoms with Crippen LogP contribution in [-0.2, 0) is 24.8 Å². The van der Waals surface area contributed by atoms with E-state index in [4.69, 9.17) is 0 Å². The number of fused-ring (bicyclic) bond motifs is 2. The highest BCUT2D eigenvalue weighted by Gasteiger charge is 2.10. The average molecular weight is 374 g/mol. The SMILES string of the molecule is Cn1c(=O)c(CCC(=O)NCCn2ccc3ccccc32)nc2ccccc21. The molecular formula is C22H22N4O2. The molecular weight excluding hydrogens is 352 g/mol. The van der Waals surface area contributed by atoms with Crippen molar-refractivity contribution in [3.63, 3.8) is 0 Å². The molecule has 0 aliphatic rings. The van der Waals surface area contributed by atoms with Crippen LogP contribution in [0.3, 0.4) is 0 Å². The van der Waals surface area contributed by atoms with Crippen LogP contribution in [0.15, 0.2) is 65.6 Å². The van der Waals surface area contributed by atoms with E-state index in [0.29, 0.717) is 25.2 Å². The second-order valence-electron chi connectivity index (χ2n) is 6.83. The molecule has 0 bridgehead atoms. The Hall–Kier alpha value is -3.41. The van der Waals surface area contributed by atoms with Crippen molar-refractivity contribution in [3.05, 3.63) is 76.8 Å². The Kier molecular flexibility index (Phi) is 4.93. The fraction of sp³-hybridized carbons (Fsp3) is 0.227. The van der Waals surface area contributed by atoms with E-state index in [-0.39, 0.29) is 17.9 Å². The van der Waals surface area contributed by atoms with Gasteiger partial charge < -0.3 is 14.5 Å². The van der Waals surface area contributed by atoms with Gasteiger partial charge in [0.25, 0.3) is 5.56 Å². The Morgan fingerprint density at radius 3 is 2.64 bits per heavy atom. The largest absolute Gasteiger partial charge is 0.354 e. The van der Waals surface area contributed by atoms with Gasteiger partial charge in [-0.2, -0.15) is 0 Å². The topological polar surface area (TPSA) is 68.9 Å². The number of amides is 1. The molecule has 0 unspecified atom stereocenters. The van der Waals surface area contributed by atoms with Crippen LogP contribution >= 0.6 is 0 Å². The minimum atomic E-state index is -0.148. The van der Waals surface area contributed by atoms with Crippen LogP contribution in [0.5, 0.6) is 0 Å². The van der Waals surface area contributed by atoms with Gasteiger partial charge in [0.05, 0.1) is 11.0 Å². The molecule has 2 aromatic heterocycles. The number of benzene rings is 2. The minimum absolute atomic E-state index is 0.0755. The molecule has 2 heterocycles. The quantitative estimate of drug-likeness (QED) is 0.564. The molecule has 0 saturated heterocycles. The lowest BCUT2D eigenvalue weighted by atomic mass is 10.2. The molecule has 0 fully saturated rings. The predicted molar refractivity (Wildman–Crippen MR) is 110 cm³/mol. The van der Waals surface area contributed by atoms with Gasteiger partial charge in [-0.3, -0.25) is 9.59 Å². The highest BCUT2D eigenvalue weighted by Crippen LogP contribution is 2.14. The summed E-state index contributed by atoms with van der Waals surface area (Å²) >= 11 is 0. The smallest absolute Gasteiger partial charge is 0.272 e. The van der Waals surface area contributed by atoms with E-state index in [9.17, 15) is 9.59 Å². The monoisotopic (exact) mass is 374 g/mol. The average Bonchev–Trinajstić information content (AvgIpc) is 3.13. The second kappa shape index (κ2) is 7.68. The third-order valence-corrected chi connectivity index (χ3v) is 4.99. The zero-order valence-corrected chi connectivity index (χ0v) is 15.8. The summed E-state index contributed by atoms with van der Waals surface area (Å²) in [5.74, 6) is -0.0755. The third-order valence-electron chi connectivity index (χ3n) is 4.99.